The van der Waals surface area contributed by atoms with Gasteiger partial charge in [0, 0.05) is 18.0 Å². The largest absolute Gasteiger partial charge is 0.496 e. The molecule has 0 bridgehead atoms. The van der Waals surface area contributed by atoms with Gasteiger partial charge in [-0.2, -0.15) is 0 Å². The fourth-order valence-corrected chi connectivity index (χ4v) is 3.98. The van der Waals surface area contributed by atoms with Crippen LogP contribution in [-0.2, 0) is 16.0 Å². The summed E-state index contributed by atoms with van der Waals surface area (Å²) in [6.45, 7) is 11.5. The van der Waals surface area contributed by atoms with E-state index in [1.54, 1.807) is 11.7 Å². The molecule has 0 unspecified atom stereocenters. The smallest absolute Gasteiger partial charge is 0.306 e. The molecule has 188 valence electrons. The van der Waals surface area contributed by atoms with Crippen molar-refractivity contribution in [2.24, 2.45) is 0 Å². The minimum atomic E-state index is -0.539. The van der Waals surface area contributed by atoms with Crippen molar-refractivity contribution in [3.63, 3.8) is 0 Å². The quantitative estimate of drug-likeness (QED) is 0.436. The Hall–Kier alpha value is -3.42. The van der Waals surface area contributed by atoms with Crippen molar-refractivity contribution in [1.82, 2.24) is 14.5 Å². The summed E-state index contributed by atoms with van der Waals surface area (Å²) in [5.74, 6) is 1.08. The number of rotatable bonds is 9. The van der Waals surface area contributed by atoms with E-state index in [1.807, 2.05) is 77.9 Å². The number of anilines is 1. The minimum Gasteiger partial charge on any atom is -0.496 e. The van der Waals surface area contributed by atoms with Crippen LogP contribution in [-0.4, -0.2) is 39.3 Å². The highest BCUT2D eigenvalue weighted by Gasteiger charge is 2.22. The Balaban J connectivity index is 2.05. The normalized spacial score (nSPS) is 12.6. The molecule has 2 heterocycles. The summed E-state index contributed by atoms with van der Waals surface area (Å²) >= 11 is 0. The average Bonchev–Trinajstić information content (AvgIpc) is 2.77. The first-order valence-electron chi connectivity index (χ1n) is 12.0. The monoisotopic (exact) mass is 480 g/mol. The molecule has 1 atom stereocenters. The van der Waals surface area contributed by atoms with E-state index in [0.29, 0.717) is 41.3 Å². The molecule has 0 amide bonds. The van der Waals surface area contributed by atoms with Gasteiger partial charge in [-0.25, -0.2) is 9.97 Å². The van der Waals surface area contributed by atoms with E-state index in [0.717, 1.165) is 5.56 Å². The van der Waals surface area contributed by atoms with Crippen LogP contribution in [0, 0.1) is 0 Å². The number of methoxy groups -OCH3 is 1. The molecule has 1 N–H and O–H groups in total. The van der Waals surface area contributed by atoms with Crippen LogP contribution in [0.5, 0.6) is 5.75 Å². The number of nitrogens with one attached hydrogen (secondary N) is 1. The molecule has 0 saturated carbocycles. The van der Waals surface area contributed by atoms with Crippen LogP contribution < -0.4 is 15.6 Å². The van der Waals surface area contributed by atoms with Gasteiger partial charge in [0.05, 0.1) is 13.2 Å². The number of aromatic nitrogens is 3. The van der Waals surface area contributed by atoms with E-state index in [1.165, 1.54) is 0 Å². The number of nitrogens with zero attached hydrogens (tertiary/aromatic N) is 3. The maximum absolute atomic E-state index is 13.7. The Labute approximate surface area is 206 Å². The Bertz CT molecular complexity index is 1240. The van der Waals surface area contributed by atoms with E-state index < -0.39 is 5.60 Å². The van der Waals surface area contributed by atoms with Gasteiger partial charge in [-0.1, -0.05) is 18.2 Å². The van der Waals surface area contributed by atoms with Crippen LogP contribution in [0.25, 0.3) is 11.2 Å². The Morgan fingerprint density at radius 3 is 2.46 bits per heavy atom. The zero-order valence-corrected chi connectivity index (χ0v) is 21.7. The molecule has 0 radical (unpaired) electrons. The van der Waals surface area contributed by atoms with E-state index >= 15 is 0 Å². The highest BCUT2D eigenvalue weighted by Crippen LogP contribution is 2.29. The first-order valence-corrected chi connectivity index (χ1v) is 12.0. The lowest BCUT2D eigenvalue weighted by atomic mass is 10.1. The number of hydrogen-bond acceptors (Lipinski definition) is 7. The van der Waals surface area contributed by atoms with Crippen molar-refractivity contribution in [2.75, 3.05) is 12.4 Å². The van der Waals surface area contributed by atoms with Gasteiger partial charge in [0.1, 0.15) is 28.4 Å². The van der Waals surface area contributed by atoms with Gasteiger partial charge in [0.25, 0.3) is 5.56 Å². The van der Waals surface area contributed by atoms with E-state index in [9.17, 15) is 9.59 Å². The lowest BCUT2D eigenvalue weighted by Crippen LogP contribution is -2.30. The molecule has 0 spiro atoms. The number of aryl methyl sites for hydroxylation is 1. The summed E-state index contributed by atoms with van der Waals surface area (Å²) in [6, 6.07) is 11.2. The first kappa shape index (κ1) is 26.2. The van der Waals surface area contributed by atoms with Crippen LogP contribution in [0.15, 0.2) is 41.2 Å². The van der Waals surface area contributed by atoms with Gasteiger partial charge in [0.2, 0.25) is 0 Å². The van der Waals surface area contributed by atoms with Crippen molar-refractivity contribution in [1.29, 1.82) is 0 Å². The zero-order chi connectivity index (χ0) is 25.8. The topological polar surface area (TPSA) is 95.3 Å². The molecule has 35 heavy (non-hydrogen) atoms. The van der Waals surface area contributed by atoms with Crippen molar-refractivity contribution in [3.05, 3.63) is 58.0 Å². The fourth-order valence-electron chi connectivity index (χ4n) is 3.98. The van der Waals surface area contributed by atoms with Crippen molar-refractivity contribution in [2.45, 2.75) is 78.5 Å². The molecule has 8 heteroatoms. The number of pyridine rings is 1. The fraction of sp³-hybridized carbons (Fsp3) is 0.481. The maximum Gasteiger partial charge on any atom is 0.306 e. The van der Waals surface area contributed by atoms with Gasteiger partial charge in [0.15, 0.2) is 5.65 Å². The van der Waals surface area contributed by atoms with Crippen LogP contribution in [0.3, 0.4) is 0 Å². The van der Waals surface area contributed by atoms with Crippen molar-refractivity contribution in [3.8, 4) is 5.75 Å². The highest BCUT2D eigenvalue weighted by molar-refractivity contribution is 5.73. The molecule has 8 nitrogen and oxygen atoms in total. The minimum absolute atomic E-state index is 0.187. The Morgan fingerprint density at radius 2 is 1.80 bits per heavy atom. The van der Waals surface area contributed by atoms with E-state index in [-0.39, 0.29) is 30.0 Å². The van der Waals surface area contributed by atoms with Crippen molar-refractivity contribution >= 4 is 23.0 Å². The van der Waals surface area contributed by atoms with Crippen LogP contribution in [0.1, 0.15) is 71.7 Å². The lowest BCUT2D eigenvalue weighted by molar-refractivity contribution is -0.154. The Morgan fingerprint density at radius 1 is 1.09 bits per heavy atom. The predicted molar refractivity (Wildman–Crippen MR) is 138 cm³/mol. The third kappa shape index (κ3) is 6.59. The number of ether oxygens (including phenoxy) is 2. The number of fused-ring (bicyclic) bond motifs is 1. The SMILES string of the molecule is COc1ccccc1[C@H](C)n1c(=O)c(CCCC(=O)OC(C)(C)C)nc2ccc(NC(C)C)nc21. The predicted octanol–water partition coefficient (Wildman–Crippen LogP) is 4.89. The number of carbonyl (C=O) groups excluding carboxylic acids is 1. The second-order valence-electron chi connectivity index (χ2n) is 9.93. The Kier molecular flexibility index (Phi) is 8.14. The van der Waals surface area contributed by atoms with Gasteiger partial charge in [-0.05, 0) is 72.6 Å². The summed E-state index contributed by atoms with van der Waals surface area (Å²) in [5, 5.41) is 3.29. The standard InChI is InChI=1S/C27H36N4O4/c1-17(2)28-23-16-15-20-25(30-23)31(18(3)19-11-8-9-13-22(19)34-7)26(33)21(29-20)12-10-14-24(32)35-27(4,5)6/h8-9,11,13,15-18H,10,12,14H2,1-7H3,(H,28,30)/t18-/m0/s1. The third-order valence-electron chi connectivity index (χ3n) is 5.43. The number of carbonyl (C=O) groups is 1. The van der Waals surface area contributed by atoms with Crippen LogP contribution in [0.2, 0.25) is 0 Å². The van der Waals surface area contributed by atoms with Gasteiger partial charge < -0.3 is 14.8 Å². The van der Waals surface area contributed by atoms with Crippen LogP contribution in [0.4, 0.5) is 5.82 Å². The molecule has 0 aliphatic heterocycles. The number of esters is 1. The molecule has 1 aromatic carbocycles. The molecule has 3 aromatic rings. The maximum atomic E-state index is 13.7. The molecule has 0 aliphatic rings. The van der Waals surface area contributed by atoms with Crippen LogP contribution >= 0.6 is 0 Å². The summed E-state index contributed by atoms with van der Waals surface area (Å²) in [7, 11) is 1.62. The van der Waals surface area contributed by atoms with Gasteiger partial charge >= 0.3 is 5.97 Å². The van der Waals surface area contributed by atoms with Crippen molar-refractivity contribution < 1.29 is 14.3 Å². The average molecular weight is 481 g/mol. The summed E-state index contributed by atoms with van der Waals surface area (Å²) in [5.41, 5.74) is 1.61. The van der Waals surface area contributed by atoms with E-state index in [4.69, 9.17) is 14.5 Å². The first-order chi connectivity index (χ1) is 16.5. The summed E-state index contributed by atoms with van der Waals surface area (Å²) < 4.78 is 12.6. The zero-order valence-electron chi connectivity index (χ0n) is 21.7. The number of para-hydroxylation sites is 1. The molecular formula is C27H36N4O4. The number of benzene rings is 1. The molecule has 0 aliphatic carbocycles. The second-order valence-corrected chi connectivity index (χ2v) is 9.93. The highest BCUT2D eigenvalue weighted by atomic mass is 16.6. The van der Waals surface area contributed by atoms with E-state index in [2.05, 4.69) is 10.3 Å². The van der Waals surface area contributed by atoms with Gasteiger partial charge in [-0.3, -0.25) is 14.2 Å². The second kappa shape index (κ2) is 10.9. The molecule has 0 fully saturated rings. The molecule has 3 rings (SSSR count). The summed E-state index contributed by atoms with van der Waals surface area (Å²) in [4.78, 5) is 35.2. The van der Waals surface area contributed by atoms with Gasteiger partial charge in [-0.15, -0.1) is 0 Å². The third-order valence-corrected chi connectivity index (χ3v) is 5.43. The molecule has 0 saturated heterocycles. The molecular weight excluding hydrogens is 444 g/mol. The molecule has 2 aromatic heterocycles. The lowest BCUT2D eigenvalue weighted by Gasteiger charge is -2.21. The number of hydrogen-bond donors (Lipinski definition) is 1. The summed E-state index contributed by atoms with van der Waals surface area (Å²) in [6.07, 6.45) is 1.04.